The second-order valence-electron chi connectivity index (χ2n) is 5.31. The molecule has 0 aliphatic carbocycles. The maximum atomic E-state index is 12.5. The largest absolute Gasteiger partial charge is 0.453 e. The number of benzene rings is 1. The van der Waals surface area contributed by atoms with E-state index >= 15 is 0 Å². The minimum Gasteiger partial charge on any atom is -0.453 e. The van der Waals surface area contributed by atoms with Crippen molar-refractivity contribution in [1.29, 1.82) is 0 Å². The molecule has 120 valence electrons. The molecule has 1 atom stereocenters. The van der Waals surface area contributed by atoms with Crippen LogP contribution in [0.2, 0.25) is 0 Å². The van der Waals surface area contributed by atoms with Crippen LogP contribution < -0.4 is 0 Å². The zero-order chi connectivity index (χ0) is 16.4. The Morgan fingerprint density at radius 3 is 2.91 bits per heavy atom. The average Bonchev–Trinajstić information content (AvgIpc) is 3.13. The van der Waals surface area contributed by atoms with Gasteiger partial charge in [-0.1, -0.05) is 18.2 Å². The van der Waals surface area contributed by atoms with Gasteiger partial charge in [0.2, 0.25) is 11.7 Å². The monoisotopic (exact) mass is 332 g/mol. The molecule has 0 bridgehead atoms. The number of carbonyl (C=O) groups excluding carboxylic acids is 3. The Morgan fingerprint density at radius 1 is 1.39 bits per heavy atom. The summed E-state index contributed by atoms with van der Waals surface area (Å²) in [6, 6.07) is 7.44. The summed E-state index contributed by atoms with van der Waals surface area (Å²) in [5.74, 6) is -0.0439. The lowest BCUT2D eigenvalue weighted by atomic mass is 10.1. The van der Waals surface area contributed by atoms with E-state index in [4.69, 9.17) is 4.74 Å². The fraction of sp³-hybridized carbons (Fsp3) is 0.312. The van der Waals surface area contributed by atoms with Crippen LogP contribution in [0.15, 0.2) is 30.5 Å². The van der Waals surface area contributed by atoms with Crippen LogP contribution in [0, 0.1) is 0 Å². The van der Waals surface area contributed by atoms with E-state index in [1.54, 1.807) is 13.1 Å². The van der Waals surface area contributed by atoms with Gasteiger partial charge in [-0.05, 0) is 13.0 Å². The van der Waals surface area contributed by atoms with E-state index in [2.05, 4.69) is 4.98 Å². The van der Waals surface area contributed by atoms with Crippen molar-refractivity contribution in [2.24, 2.45) is 0 Å². The Balaban J connectivity index is 1.65. The summed E-state index contributed by atoms with van der Waals surface area (Å²) in [4.78, 5) is 40.3. The number of rotatable bonds is 5. The van der Waals surface area contributed by atoms with E-state index in [9.17, 15) is 14.4 Å². The fourth-order valence-corrected chi connectivity index (χ4v) is 3.38. The first kappa shape index (κ1) is 15.6. The van der Waals surface area contributed by atoms with Crippen molar-refractivity contribution in [2.45, 2.75) is 13.0 Å². The fourth-order valence-electron chi connectivity index (χ4n) is 2.48. The number of fused-ring (bicyclic) bond motifs is 1. The minimum atomic E-state index is -0.896. The number of amides is 1. The highest BCUT2D eigenvalue weighted by Crippen LogP contribution is 2.20. The lowest BCUT2D eigenvalue weighted by Gasteiger charge is -2.16. The second-order valence-corrected chi connectivity index (χ2v) is 6.27. The number of H-pyrrole nitrogens is 1. The summed E-state index contributed by atoms with van der Waals surface area (Å²) in [7, 11) is 0. The number of para-hydroxylation sites is 1. The first-order valence-corrected chi connectivity index (χ1v) is 8.37. The SMILES string of the molecule is C[C@H](OC(=O)CN1CSCC1=O)C(=O)c1c[nH]c2ccccc12. The van der Waals surface area contributed by atoms with Gasteiger partial charge in [0.25, 0.3) is 0 Å². The van der Waals surface area contributed by atoms with E-state index in [0.29, 0.717) is 17.2 Å². The van der Waals surface area contributed by atoms with Crippen LogP contribution in [0.3, 0.4) is 0 Å². The molecule has 1 saturated heterocycles. The van der Waals surface area contributed by atoms with Gasteiger partial charge in [0.15, 0.2) is 6.10 Å². The van der Waals surface area contributed by atoms with Crippen LogP contribution in [0.25, 0.3) is 10.9 Å². The molecule has 1 fully saturated rings. The molecule has 1 aliphatic heterocycles. The summed E-state index contributed by atoms with van der Waals surface area (Å²) in [5, 5.41) is 0.798. The van der Waals surface area contributed by atoms with Gasteiger partial charge in [-0.25, -0.2) is 0 Å². The second kappa shape index (κ2) is 6.45. The predicted molar refractivity (Wildman–Crippen MR) is 87.2 cm³/mol. The van der Waals surface area contributed by atoms with Crippen molar-refractivity contribution in [2.75, 3.05) is 18.2 Å². The third-order valence-electron chi connectivity index (χ3n) is 3.68. The molecule has 7 heteroatoms. The van der Waals surface area contributed by atoms with Gasteiger partial charge in [-0.2, -0.15) is 0 Å². The lowest BCUT2D eigenvalue weighted by molar-refractivity contribution is -0.150. The van der Waals surface area contributed by atoms with E-state index in [1.165, 1.54) is 16.7 Å². The first-order valence-electron chi connectivity index (χ1n) is 7.21. The van der Waals surface area contributed by atoms with Crippen molar-refractivity contribution in [1.82, 2.24) is 9.88 Å². The Kier molecular flexibility index (Phi) is 4.38. The quantitative estimate of drug-likeness (QED) is 0.667. The lowest BCUT2D eigenvalue weighted by Crippen LogP contribution is -2.35. The number of ether oxygens (including phenoxy) is 1. The normalized spacial score (nSPS) is 15.9. The minimum absolute atomic E-state index is 0.0810. The molecule has 2 heterocycles. The maximum Gasteiger partial charge on any atom is 0.326 e. The van der Waals surface area contributed by atoms with E-state index < -0.39 is 12.1 Å². The highest BCUT2D eigenvalue weighted by atomic mass is 32.2. The summed E-state index contributed by atoms with van der Waals surface area (Å²) in [6.07, 6.45) is 0.727. The number of nitrogens with zero attached hydrogens (tertiary/aromatic N) is 1. The number of nitrogens with one attached hydrogen (secondary N) is 1. The van der Waals surface area contributed by atoms with Gasteiger partial charge in [-0.15, -0.1) is 11.8 Å². The number of Topliss-reactive ketones (excluding diaryl/α,β-unsaturated/α-hetero) is 1. The van der Waals surface area contributed by atoms with Crippen molar-refractivity contribution in [3.05, 3.63) is 36.0 Å². The van der Waals surface area contributed by atoms with Crippen molar-refractivity contribution >= 4 is 40.3 Å². The summed E-state index contributed by atoms with van der Waals surface area (Å²) < 4.78 is 5.19. The zero-order valence-corrected chi connectivity index (χ0v) is 13.4. The molecule has 1 aromatic heterocycles. The molecule has 3 rings (SSSR count). The Morgan fingerprint density at radius 2 is 2.17 bits per heavy atom. The van der Waals surface area contributed by atoms with Crippen LogP contribution in [-0.4, -0.2) is 51.8 Å². The molecule has 0 radical (unpaired) electrons. The molecule has 23 heavy (non-hydrogen) atoms. The van der Waals surface area contributed by atoms with Gasteiger partial charge in [0.1, 0.15) is 6.54 Å². The summed E-state index contributed by atoms with van der Waals surface area (Å²) in [6.45, 7) is 1.43. The standard InChI is InChI=1S/C16H16N2O4S/c1-10(22-15(20)7-18-9-23-8-14(18)19)16(21)12-6-17-13-5-3-2-4-11(12)13/h2-6,10,17H,7-9H2,1H3/t10-/m0/s1. The van der Waals surface area contributed by atoms with Crippen molar-refractivity contribution in [3.8, 4) is 0 Å². The smallest absolute Gasteiger partial charge is 0.326 e. The van der Waals surface area contributed by atoms with Crippen LogP contribution in [0.4, 0.5) is 0 Å². The molecule has 6 nitrogen and oxygen atoms in total. The number of hydrogen-bond acceptors (Lipinski definition) is 5. The molecule has 1 N–H and O–H groups in total. The van der Waals surface area contributed by atoms with Gasteiger partial charge in [0, 0.05) is 22.7 Å². The third-order valence-corrected chi connectivity index (χ3v) is 4.62. The molecular formula is C16H16N2O4S. The van der Waals surface area contributed by atoms with Crippen molar-refractivity contribution < 1.29 is 19.1 Å². The summed E-state index contributed by atoms with van der Waals surface area (Å²) >= 11 is 1.45. The molecule has 0 saturated carbocycles. The molecule has 1 aromatic carbocycles. The molecular weight excluding hydrogens is 316 g/mol. The maximum absolute atomic E-state index is 12.5. The number of aromatic nitrogens is 1. The van der Waals surface area contributed by atoms with E-state index in [0.717, 1.165) is 10.9 Å². The number of ketones is 1. The van der Waals surface area contributed by atoms with Crippen LogP contribution in [0.5, 0.6) is 0 Å². The number of esters is 1. The number of thioether (sulfide) groups is 1. The van der Waals surface area contributed by atoms with Gasteiger partial charge < -0.3 is 14.6 Å². The number of aromatic amines is 1. The van der Waals surface area contributed by atoms with Crippen LogP contribution in [-0.2, 0) is 14.3 Å². The zero-order valence-electron chi connectivity index (χ0n) is 12.6. The number of hydrogen-bond donors (Lipinski definition) is 1. The Bertz CT molecular complexity index is 770. The number of carbonyl (C=O) groups is 3. The predicted octanol–water partition coefficient (Wildman–Crippen LogP) is 1.82. The Hall–Kier alpha value is -2.28. The highest BCUT2D eigenvalue weighted by molar-refractivity contribution is 8.00. The van der Waals surface area contributed by atoms with E-state index in [-0.39, 0.29) is 18.2 Å². The highest BCUT2D eigenvalue weighted by Gasteiger charge is 2.26. The van der Waals surface area contributed by atoms with Gasteiger partial charge in [0.05, 0.1) is 11.6 Å². The summed E-state index contributed by atoms with van der Waals surface area (Å²) in [5.41, 5.74) is 1.35. The average molecular weight is 332 g/mol. The molecule has 1 aliphatic rings. The van der Waals surface area contributed by atoms with E-state index in [1.807, 2.05) is 24.3 Å². The first-order chi connectivity index (χ1) is 11.1. The van der Waals surface area contributed by atoms with Gasteiger partial charge in [-0.3, -0.25) is 14.4 Å². The molecule has 0 unspecified atom stereocenters. The van der Waals surface area contributed by atoms with Crippen LogP contribution in [0.1, 0.15) is 17.3 Å². The Labute approximate surface area is 137 Å². The third kappa shape index (κ3) is 3.24. The van der Waals surface area contributed by atoms with Crippen LogP contribution >= 0.6 is 11.8 Å². The van der Waals surface area contributed by atoms with Crippen molar-refractivity contribution in [3.63, 3.8) is 0 Å². The molecule has 2 aromatic rings. The molecule has 1 amide bonds. The topological polar surface area (TPSA) is 79.5 Å². The molecule has 0 spiro atoms. The van der Waals surface area contributed by atoms with Gasteiger partial charge >= 0.3 is 5.97 Å².